The molecule has 2 fully saturated rings. The SMILES string of the molecule is CCC1CCCCC1NCC(=O)N1CCCCCC1. The molecule has 2 atom stereocenters. The van der Waals surface area contributed by atoms with Crippen LogP contribution < -0.4 is 5.32 Å². The first kappa shape index (κ1) is 14.8. The highest BCUT2D eigenvalue weighted by molar-refractivity contribution is 5.78. The minimum absolute atomic E-state index is 0.322. The summed E-state index contributed by atoms with van der Waals surface area (Å²) in [6.45, 7) is 4.78. The molecule has 0 spiro atoms. The fraction of sp³-hybridized carbons (Fsp3) is 0.938. The van der Waals surface area contributed by atoms with Crippen LogP contribution in [0.4, 0.5) is 0 Å². The second kappa shape index (κ2) is 7.88. The van der Waals surface area contributed by atoms with Crippen LogP contribution in [0.5, 0.6) is 0 Å². The van der Waals surface area contributed by atoms with Gasteiger partial charge in [-0.2, -0.15) is 0 Å². The topological polar surface area (TPSA) is 32.3 Å². The van der Waals surface area contributed by atoms with Crippen molar-refractivity contribution in [1.82, 2.24) is 10.2 Å². The van der Waals surface area contributed by atoms with Crippen LogP contribution in [0.2, 0.25) is 0 Å². The quantitative estimate of drug-likeness (QED) is 0.848. The highest BCUT2D eigenvalue weighted by Crippen LogP contribution is 2.26. The molecule has 2 unspecified atom stereocenters. The standard InChI is InChI=1S/C16H30N2O/c1-2-14-9-5-6-10-15(14)17-13-16(19)18-11-7-3-4-8-12-18/h14-15,17H,2-13H2,1H3. The Morgan fingerprint density at radius 3 is 2.42 bits per heavy atom. The Labute approximate surface area is 118 Å². The van der Waals surface area contributed by atoms with Crippen molar-refractivity contribution in [3.63, 3.8) is 0 Å². The van der Waals surface area contributed by atoms with Gasteiger partial charge < -0.3 is 10.2 Å². The minimum Gasteiger partial charge on any atom is -0.342 e. The Morgan fingerprint density at radius 1 is 1.05 bits per heavy atom. The number of carbonyl (C=O) groups excluding carboxylic acids is 1. The lowest BCUT2D eigenvalue weighted by Gasteiger charge is -2.32. The summed E-state index contributed by atoms with van der Waals surface area (Å²) >= 11 is 0. The summed E-state index contributed by atoms with van der Waals surface area (Å²) in [6, 6.07) is 0.578. The lowest BCUT2D eigenvalue weighted by Crippen LogP contribution is -2.45. The van der Waals surface area contributed by atoms with Gasteiger partial charge in [0.05, 0.1) is 6.54 Å². The smallest absolute Gasteiger partial charge is 0.236 e. The van der Waals surface area contributed by atoms with Gasteiger partial charge in [-0.25, -0.2) is 0 Å². The van der Waals surface area contributed by atoms with E-state index in [0.717, 1.165) is 19.0 Å². The normalized spacial score (nSPS) is 29.0. The molecule has 2 aliphatic rings. The Kier molecular flexibility index (Phi) is 6.15. The molecule has 1 N–H and O–H groups in total. The van der Waals surface area contributed by atoms with Crippen molar-refractivity contribution in [1.29, 1.82) is 0 Å². The minimum atomic E-state index is 0.322. The second-order valence-electron chi connectivity index (χ2n) is 6.24. The van der Waals surface area contributed by atoms with Gasteiger partial charge in [-0.15, -0.1) is 0 Å². The van der Waals surface area contributed by atoms with Crippen LogP contribution in [0.15, 0.2) is 0 Å². The Morgan fingerprint density at radius 2 is 1.74 bits per heavy atom. The van der Waals surface area contributed by atoms with Gasteiger partial charge in [-0.3, -0.25) is 4.79 Å². The van der Waals surface area contributed by atoms with Crippen molar-refractivity contribution < 1.29 is 4.79 Å². The lowest BCUT2D eigenvalue weighted by molar-refractivity contribution is -0.130. The van der Waals surface area contributed by atoms with Gasteiger partial charge in [0.2, 0.25) is 5.91 Å². The molecule has 0 aromatic rings. The maximum Gasteiger partial charge on any atom is 0.236 e. The zero-order chi connectivity index (χ0) is 13.5. The Balaban J connectivity index is 1.75. The molecule has 1 heterocycles. The van der Waals surface area contributed by atoms with Gasteiger partial charge >= 0.3 is 0 Å². The van der Waals surface area contributed by atoms with Crippen molar-refractivity contribution in [2.45, 2.75) is 70.8 Å². The predicted molar refractivity (Wildman–Crippen MR) is 79.1 cm³/mol. The highest BCUT2D eigenvalue weighted by Gasteiger charge is 2.24. The van der Waals surface area contributed by atoms with Gasteiger partial charge in [0.1, 0.15) is 0 Å². The van der Waals surface area contributed by atoms with Crippen molar-refractivity contribution >= 4 is 5.91 Å². The van der Waals surface area contributed by atoms with E-state index in [9.17, 15) is 4.79 Å². The molecule has 1 aliphatic heterocycles. The van der Waals surface area contributed by atoms with Crippen LogP contribution in [-0.4, -0.2) is 36.5 Å². The first-order valence-corrected chi connectivity index (χ1v) is 8.32. The fourth-order valence-electron chi connectivity index (χ4n) is 3.62. The van der Waals surface area contributed by atoms with E-state index >= 15 is 0 Å². The number of nitrogens with zero attached hydrogens (tertiary/aromatic N) is 1. The molecule has 0 bridgehead atoms. The predicted octanol–water partition coefficient (Wildman–Crippen LogP) is 2.95. The summed E-state index contributed by atoms with van der Waals surface area (Å²) in [5.41, 5.74) is 0. The third kappa shape index (κ3) is 4.48. The van der Waals surface area contributed by atoms with Gasteiger partial charge in [0, 0.05) is 19.1 Å². The average Bonchev–Trinajstić information content (AvgIpc) is 2.74. The van der Waals surface area contributed by atoms with E-state index in [1.165, 1.54) is 57.8 Å². The van der Waals surface area contributed by atoms with Gasteiger partial charge in [0.15, 0.2) is 0 Å². The van der Waals surface area contributed by atoms with Crippen LogP contribution in [0, 0.1) is 5.92 Å². The second-order valence-corrected chi connectivity index (χ2v) is 6.24. The number of carbonyl (C=O) groups is 1. The van der Waals surface area contributed by atoms with Crippen LogP contribution >= 0.6 is 0 Å². The summed E-state index contributed by atoms with van der Waals surface area (Å²) in [4.78, 5) is 14.3. The Hall–Kier alpha value is -0.570. The van der Waals surface area contributed by atoms with Crippen molar-refractivity contribution in [2.75, 3.05) is 19.6 Å². The molecule has 0 aromatic heterocycles. The molecular weight excluding hydrogens is 236 g/mol. The van der Waals surface area contributed by atoms with Crippen molar-refractivity contribution in [3.8, 4) is 0 Å². The van der Waals surface area contributed by atoms with E-state index in [2.05, 4.69) is 17.1 Å². The molecule has 3 nitrogen and oxygen atoms in total. The number of hydrogen-bond donors (Lipinski definition) is 1. The van der Waals surface area contributed by atoms with Crippen LogP contribution in [-0.2, 0) is 4.79 Å². The summed E-state index contributed by atoms with van der Waals surface area (Å²) in [5.74, 6) is 1.10. The molecule has 110 valence electrons. The molecule has 1 amide bonds. The number of likely N-dealkylation sites (tertiary alicyclic amines) is 1. The molecule has 0 radical (unpaired) electrons. The molecule has 1 aliphatic carbocycles. The number of nitrogens with one attached hydrogen (secondary N) is 1. The monoisotopic (exact) mass is 266 g/mol. The molecule has 2 rings (SSSR count). The number of rotatable bonds is 4. The summed E-state index contributed by atoms with van der Waals surface area (Å²) < 4.78 is 0. The summed E-state index contributed by atoms with van der Waals surface area (Å²) in [7, 11) is 0. The van der Waals surface area contributed by atoms with E-state index in [1.807, 2.05) is 0 Å². The third-order valence-corrected chi connectivity index (χ3v) is 4.91. The van der Waals surface area contributed by atoms with E-state index in [0.29, 0.717) is 18.5 Å². The number of amides is 1. The van der Waals surface area contributed by atoms with Gasteiger partial charge in [0.25, 0.3) is 0 Å². The highest BCUT2D eigenvalue weighted by atomic mass is 16.2. The molecular formula is C16H30N2O. The Bertz CT molecular complexity index is 272. The first-order chi connectivity index (χ1) is 9.31. The van der Waals surface area contributed by atoms with E-state index < -0.39 is 0 Å². The van der Waals surface area contributed by atoms with E-state index in [1.54, 1.807) is 0 Å². The average molecular weight is 266 g/mol. The third-order valence-electron chi connectivity index (χ3n) is 4.91. The first-order valence-electron chi connectivity index (χ1n) is 8.32. The van der Waals surface area contributed by atoms with Gasteiger partial charge in [-0.1, -0.05) is 39.0 Å². The fourth-order valence-corrected chi connectivity index (χ4v) is 3.62. The largest absolute Gasteiger partial charge is 0.342 e. The molecule has 3 heteroatoms. The van der Waals surface area contributed by atoms with E-state index in [-0.39, 0.29) is 0 Å². The lowest BCUT2D eigenvalue weighted by atomic mass is 9.83. The zero-order valence-corrected chi connectivity index (χ0v) is 12.5. The maximum atomic E-state index is 12.3. The van der Waals surface area contributed by atoms with Crippen LogP contribution in [0.25, 0.3) is 0 Å². The zero-order valence-electron chi connectivity index (χ0n) is 12.5. The van der Waals surface area contributed by atoms with Crippen molar-refractivity contribution in [3.05, 3.63) is 0 Å². The maximum absolute atomic E-state index is 12.3. The summed E-state index contributed by atoms with van der Waals surface area (Å²) in [5, 5.41) is 3.55. The van der Waals surface area contributed by atoms with E-state index in [4.69, 9.17) is 0 Å². The summed E-state index contributed by atoms with van der Waals surface area (Å²) in [6.07, 6.45) is 11.5. The number of hydrogen-bond acceptors (Lipinski definition) is 2. The van der Waals surface area contributed by atoms with Crippen molar-refractivity contribution in [2.24, 2.45) is 5.92 Å². The molecule has 1 saturated heterocycles. The molecule has 19 heavy (non-hydrogen) atoms. The van der Waals surface area contributed by atoms with Crippen LogP contribution in [0.3, 0.4) is 0 Å². The van der Waals surface area contributed by atoms with Crippen LogP contribution in [0.1, 0.15) is 64.7 Å². The van der Waals surface area contributed by atoms with Gasteiger partial charge in [-0.05, 0) is 31.6 Å². The molecule has 1 saturated carbocycles. The molecule has 0 aromatic carbocycles.